The Morgan fingerprint density at radius 1 is 1.28 bits per heavy atom. The molecule has 3 rings (SSSR count). The van der Waals surface area contributed by atoms with Crippen LogP contribution in [-0.4, -0.2) is 64.1 Å². The first-order chi connectivity index (χ1) is 17.1. The number of aliphatic hydroxyl groups excluding tert-OH is 1. The average Bonchev–Trinajstić information content (AvgIpc) is 2.87. The van der Waals surface area contributed by atoms with Crippen LogP contribution in [0, 0.1) is 6.92 Å². The van der Waals surface area contributed by atoms with Crippen LogP contribution in [0.5, 0.6) is 5.75 Å². The van der Waals surface area contributed by atoms with E-state index in [1.807, 2.05) is 0 Å². The molecule has 0 aliphatic carbocycles. The van der Waals surface area contributed by atoms with Crippen molar-refractivity contribution in [1.82, 2.24) is 14.0 Å². The van der Waals surface area contributed by atoms with Crippen LogP contribution in [0.1, 0.15) is 27.9 Å². The number of amides is 2. The lowest BCUT2D eigenvalue weighted by Gasteiger charge is -2.35. The number of rotatable bonds is 7. The first kappa shape index (κ1) is 26.5. The number of aromatic nitrogens is 2. The Bertz CT molecular complexity index is 1340. The molecule has 0 unspecified atom stereocenters. The minimum absolute atomic E-state index is 0.00107. The Labute approximate surface area is 207 Å². The molecule has 0 bridgehead atoms. The van der Waals surface area contributed by atoms with Gasteiger partial charge in [-0.25, -0.2) is 9.59 Å². The lowest BCUT2D eigenvalue weighted by molar-refractivity contribution is 0.0619. The van der Waals surface area contributed by atoms with Crippen molar-refractivity contribution in [2.24, 2.45) is 14.1 Å². The van der Waals surface area contributed by atoms with Crippen LogP contribution in [0.2, 0.25) is 0 Å². The number of hydrogen-bond donors (Lipinski definition) is 2. The molecule has 2 amide bonds. The van der Waals surface area contributed by atoms with E-state index < -0.39 is 29.3 Å². The molecular weight excluding hydrogens is 468 g/mol. The zero-order valence-corrected chi connectivity index (χ0v) is 20.7. The molecule has 1 atom stereocenters. The highest BCUT2D eigenvalue weighted by molar-refractivity contribution is 6.03. The second-order valence-electron chi connectivity index (χ2n) is 8.41. The van der Waals surface area contributed by atoms with Gasteiger partial charge in [-0.15, -0.1) is 0 Å². The Morgan fingerprint density at radius 3 is 2.64 bits per heavy atom. The minimum atomic E-state index is -0.751. The van der Waals surface area contributed by atoms with Crippen molar-refractivity contribution in [2.75, 3.05) is 32.2 Å². The molecule has 0 saturated heterocycles. The highest BCUT2D eigenvalue weighted by Crippen LogP contribution is 2.31. The molecule has 192 valence electrons. The van der Waals surface area contributed by atoms with Gasteiger partial charge in [0.2, 0.25) is 0 Å². The number of nitrogens with zero attached hydrogens (tertiary/aromatic N) is 3. The number of methoxy groups -OCH3 is 1. The molecule has 0 fully saturated rings. The molecule has 2 N–H and O–H groups in total. The normalized spacial score (nSPS) is 15.2. The average molecular weight is 499 g/mol. The summed E-state index contributed by atoms with van der Waals surface area (Å²) in [5.74, 6) is 0.000817. The molecule has 1 aromatic carbocycles. The van der Waals surface area contributed by atoms with Crippen LogP contribution >= 0.6 is 0 Å². The number of carbonyl (C=O) groups excluding carboxylic acids is 2. The van der Waals surface area contributed by atoms with Crippen molar-refractivity contribution in [2.45, 2.75) is 19.4 Å². The summed E-state index contributed by atoms with van der Waals surface area (Å²) in [6.45, 7) is 5.01. The molecular formula is C25H30N4O7. The van der Waals surface area contributed by atoms with Gasteiger partial charge in [-0.05, 0) is 36.6 Å². The number of hydrogen-bond acceptors (Lipinski definition) is 7. The van der Waals surface area contributed by atoms with Gasteiger partial charge >= 0.3 is 11.8 Å². The van der Waals surface area contributed by atoms with Crippen molar-refractivity contribution in [3.05, 3.63) is 74.6 Å². The lowest BCUT2D eigenvalue weighted by Crippen LogP contribution is -2.46. The van der Waals surface area contributed by atoms with E-state index in [4.69, 9.17) is 9.47 Å². The largest absolute Gasteiger partial charge is 0.496 e. The van der Waals surface area contributed by atoms with Crippen LogP contribution < -0.4 is 21.3 Å². The van der Waals surface area contributed by atoms with E-state index in [1.54, 1.807) is 26.1 Å². The van der Waals surface area contributed by atoms with Gasteiger partial charge in [0.25, 0.3) is 11.5 Å². The predicted octanol–water partition coefficient (Wildman–Crippen LogP) is 1.43. The number of aryl methyl sites for hydroxylation is 2. The molecule has 0 spiro atoms. The quantitative estimate of drug-likeness (QED) is 0.552. The third kappa shape index (κ3) is 5.25. The molecule has 36 heavy (non-hydrogen) atoms. The summed E-state index contributed by atoms with van der Waals surface area (Å²) in [7, 11) is 4.42. The Kier molecular flexibility index (Phi) is 8.15. The zero-order chi connectivity index (χ0) is 26.6. The summed E-state index contributed by atoms with van der Waals surface area (Å²) in [4.78, 5) is 52.0. The fraction of sp³-hybridized carbons (Fsp3) is 0.360. The molecule has 0 saturated carbocycles. The van der Waals surface area contributed by atoms with Crippen molar-refractivity contribution < 1.29 is 24.2 Å². The van der Waals surface area contributed by atoms with Crippen molar-refractivity contribution in [3.8, 4) is 5.75 Å². The summed E-state index contributed by atoms with van der Waals surface area (Å²) >= 11 is 0. The Hall–Kier alpha value is -4.12. The van der Waals surface area contributed by atoms with E-state index in [9.17, 15) is 24.3 Å². The number of anilines is 1. The predicted molar refractivity (Wildman–Crippen MR) is 134 cm³/mol. The number of ether oxygens (including phenoxy) is 2. The summed E-state index contributed by atoms with van der Waals surface area (Å²) in [6, 6.07) is 2.48. The lowest BCUT2D eigenvalue weighted by atomic mass is 9.94. The fourth-order valence-electron chi connectivity index (χ4n) is 4.09. The molecule has 11 nitrogen and oxygen atoms in total. The summed E-state index contributed by atoms with van der Waals surface area (Å²) in [5, 5.41) is 12.7. The third-order valence-corrected chi connectivity index (χ3v) is 6.03. The van der Waals surface area contributed by atoms with E-state index in [0.29, 0.717) is 22.4 Å². The highest BCUT2D eigenvalue weighted by Gasteiger charge is 2.31. The summed E-state index contributed by atoms with van der Waals surface area (Å²) in [5.41, 5.74) is 1.13. The molecule has 1 aromatic heterocycles. The maximum absolute atomic E-state index is 13.6. The number of benzene rings is 1. The standard InChI is InChI=1S/C25H30N4O7/c1-6-9-36-24(33)26-20-10-15(2)21(35-5)12-18(20)23(32)29-8-7-16(11-17(29)14-30)19-13-27(3)25(34)28(4)22(19)31/h6-7,10,12-13,17,30H,1,8-9,11,14H2,2-5H3,(H,26,33)/t17-/m0/s1. The molecule has 2 aromatic rings. The Morgan fingerprint density at radius 2 is 2.00 bits per heavy atom. The van der Waals surface area contributed by atoms with E-state index in [-0.39, 0.29) is 37.4 Å². The van der Waals surface area contributed by atoms with Gasteiger partial charge in [0.05, 0.1) is 36.6 Å². The Balaban J connectivity index is 1.98. The topological polar surface area (TPSA) is 132 Å². The number of aliphatic hydroxyl groups is 1. The third-order valence-electron chi connectivity index (χ3n) is 6.03. The number of carbonyl (C=O) groups is 2. The van der Waals surface area contributed by atoms with Crippen molar-refractivity contribution >= 4 is 23.3 Å². The van der Waals surface area contributed by atoms with Crippen LogP contribution in [0.15, 0.2) is 46.6 Å². The van der Waals surface area contributed by atoms with Gasteiger partial charge in [-0.1, -0.05) is 18.7 Å². The maximum atomic E-state index is 13.6. The van der Waals surface area contributed by atoms with Gasteiger partial charge < -0.3 is 24.0 Å². The SMILES string of the molecule is C=CCOC(=O)Nc1cc(C)c(OC)cc1C(=O)N1CC=C(c2cn(C)c(=O)n(C)c2=O)C[C@H]1CO. The molecule has 0 radical (unpaired) electrons. The van der Waals surface area contributed by atoms with E-state index in [1.165, 1.54) is 42.0 Å². The maximum Gasteiger partial charge on any atom is 0.411 e. The van der Waals surface area contributed by atoms with Crippen LogP contribution in [0.4, 0.5) is 10.5 Å². The fourth-order valence-corrected chi connectivity index (χ4v) is 4.09. The van der Waals surface area contributed by atoms with Crippen molar-refractivity contribution in [1.29, 1.82) is 0 Å². The van der Waals surface area contributed by atoms with E-state index in [0.717, 1.165) is 4.57 Å². The minimum Gasteiger partial charge on any atom is -0.496 e. The van der Waals surface area contributed by atoms with Crippen LogP contribution in [-0.2, 0) is 18.8 Å². The zero-order valence-electron chi connectivity index (χ0n) is 20.7. The first-order valence-corrected chi connectivity index (χ1v) is 11.2. The smallest absolute Gasteiger partial charge is 0.411 e. The second-order valence-corrected chi connectivity index (χ2v) is 8.41. The van der Waals surface area contributed by atoms with Crippen LogP contribution in [0.25, 0.3) is 5.57 Å². The van der Waals surface area contributed by atoms with Gasteiger partial charge in [-0.2, -0.15) is 0 Å². The van der Waals surface area contributed by atoms with Gasteiger partial charge in [0, 0.05) is 26.8 Å². The van der Waals surface area contributed by atoms with Gasteiger partial charge in [-0.3, -0.25) is 19.5 Å². The summed E-state index contributed by atoms with van der Waals surface area (Å²) < 4.78 is 12.7. The number of nitrogens with one attached hydrogen (secondary N) is 1. The summed E-state index contributed by atoms with van der Waals surface area (Å²) in [6.07, 6.45) is 4.06. The molecule has 1 aliphatic heterocycles. The molecule has 11 heteroatoms. The first-order valence-electron chi connectivity index (χ1n) is 11.2. The molecule has 2 heterocycles. The van der Waals surface area contributed by atoms with Crippen LogP contribution in [0.3, 0.4) is 0 Å². The van der Waals surface area contributed by atoms with Gasteiger partial charge in [0.1, 0.15) is 12.4 Å². The van der Waals surface area contributed by atoms with Crippen molar-refractivity contribution in [3.63, 3.8) is 0 Å². The van der Waals surface area contributed by atoms with E-state index in [2.05, 4.69) is 11.9 Å². The van der Waals surface area contributed by atoms with Gasteiger partial charge in [0.15, 0.2) is 0 Å². The second kappa shape index (κ2) is 11.1. The highest BCUT2D eigenvalue weighted by atomic mass is 16.5. The monoisotopic (exact) mass is 498 g/mol. The molecule has 1 aliphatic rings. The van der Waals surface area contributed by atoms with E-state index >= 15 is 0 Å².